The third-order valence-corrected chi connectivity index (χ3v) is 12.4. The maximum Gasteiger partial charge on any atom is 0.481 e. The van der Waals surface area contributed by atoms with Crippen molar-refractivity contribution in [2.45, 2.75) is 67.3 Å². The number of imidazole rings is 1. The number of Topliss-reactive ketones (excluding diaryl/α,β-unsaturated/α-hetero) is 3. The minimum atomic E-state index is -6.02. The number of aliphatic hydroxyl groups excluding tert-OH is 2. The molecule has 2 unspecified atom stereocenters. The molecule has 0 aromatic carbocycles. The lowest BCUT2D eigenvalue weighted by Gasteiger charge is -2.41. The summed E-state index contributed by atoms with van der Waals surface area (Å²) in [5.41, 5.74) is -0.0771. The molecule has 0 spiro atoms. The summed E-state index contributed by atoms with van der Waals surface area (Å²) in [4.78, 5) is 105. The first kappa shape index (κ1) is 41.9. The number of phosphoric acid groups is 3. The van der Waals surface area contributed by atoms with Crippen LogP contribution in [0, 0.1) is 0 Å². The third-order valence-electron chi connectivity index (χ3n) is 9.29. The molecule has 2 saturated heterocycles. The molecule has 56 heavy (non-hydrogen) atoms. The van der Waals surface area contributed by atoms with Crippen molar-refractivity contribution in [3.63, 3.8) is 0 Å². The van der Waals surface area contributed by atoms with Gasteiger partial charge in [0.05, 0.1) is 26.0 Å². The van der Waals surface area contributed by atoms with Crippen molar-refractivity contribution in [3.8, 4) is 0 Å². The molecule has 2 aromatic heterocycles. The molecule has 5 heterocycles. The number of primary amides is 1. The van der Waals surface area contributed by atoms with Crippen LogP contribution in [0.15, 0.2) is 36.7 Å². The minimum absolute atomic E-state index is 0.112. The molecule has 1 aliphatic carbocycles. The topological polar surface area (TPSA) is 415 Å². The molecule has 3 aliphatic heterocycles. The number of hydrogen-bond acceptors (Lipinski definition) is 21. The van der Waals surface area contributed by atoms with E-state index in [4.69, 9.17) is 30.0 Å². The molecule has 306 valence electrons. The van der Waals surface area contributed by atoms with Crippen LogP contribution in [0.5, 0.6) is 0 Å². The summed E-state index contributed by atoms with van der Waals surface area (Å²) >= 11 is 0. The predicted octanol–water partition coefficient (Wildman–Crippen LogP) is -3.33. The summed E-state index contributed by atoms with van der Waals surface area (Å²) in [6.45, 7) is -2.30. The second-order valence-corrected chi connectivity index (χ2v) is 16.9. The predicted molar refractivity (Wildman–Crippen MR) is 175 cm³/mol. The van der Waals surface area contributed by atoms with Crippen LogP contribution in [0.4, 0.5) is 5.82 Å². The summed E-state index contributed by atoms with van der Waals surface area (Å²) in [7, 11) is -17.8. The summed E-state index contributed by atoms with van der Waals surface area (Å²) < 4.78 is 68.8. The quantitative estimate of drug-likeness (QED) is 0.0663. The van der Waals surface area contributed by atoms with Gasteiger partial charge in [0.15, 0.2) is 46.9 Å². The highest BCUT2D eigenvalue weighted by Crippen LogP contribution is 2.65. The largest absolute Gasteiger partial charge is 0.481 e. The van der Waals surface area contributed by atoms with Crippen LogP contribution >= 0.6 is 23.5 Å². The molecule has 0 radical (unpaired) electrons. The number of anilines is 1. The van der Waals surface area contributed by atoms with E-state index in [1.807, 2.05) is 0 Å². The van der Waals surface area contributed by atoms with Crippen LogP contribution in [0.25, 0.3) is 11.2 Å². The van der Waals surface area contributed by atoms with E-state index >= 15 is 0 Å². The lowest BCUT2D eigenvalue weighted by molar-refractivity contribution is -0.182. The zero-order valence-corrected chi connectivity index (χ0v) is 31.0. The highest BCUT2D eigenvalue weighted by molar-refractivity contribution is 7.61. The Kier molecular flexibility index (Phi) is 10.7. The van der Waals surface area contributed by atoms with Gasteiger partial charge >= 0.3 is 23.5 Å². The lowest BCUT2D eigenvalue weighted by atomic mass is 9.72. The molecule has 4 aliphatic rings. The number of rotatable bonds is 14. The van der Waals surface area contributed by atoms with Gasteiger partial charge in [-0.2, -0.15) is 4.31 Å². The first-order valence-electron chi connectivity index (χ1n) is 15.7. The Morgan fingerprint density at radius 1 is 1.04 bits per heavy atom. The fourth-order valence-electron chi connectivity index (χ4n) is 6.79. The number of aliphatic hydroxyl groups is 3. The zero-order chi connectivity index (χ0) is 41.4. The molecule has 3 fully saturated rings. The fourth-order valence-corrected chi connectivity index (χ4v) is 9.62. The normalized spacial score (nSPS) is 34.0. The van der Waals surface area contributed by atoms with Gasteiger partial charge in [-0.25, -0.2) is 28.6 Å². The SMILES string of the molecule is CC(=O)[C@]1(OP(=O)(O)O)[C@H](n2cnc3c(N)ncnc32)O[C@@]2(COP(=O)(O)OP(=O)(O)OC[C@H]3O[C@@H](N4C=CCC(C(N)=O)=C4)[C@H](O)[C@@H]3O)C(=O)CC(=O)[C@@]21O. The Morgan fingerprint density at radius 3 is 2.36 bits per heavy atom. The van der Waals surface area contributed by atoms with Crippen molar-refractivity contribution in [2.75, 3.05) is 18.9 Å². The van der Waals surface area contributed by atoms with Crippen molar-refractivity contribution in [1.29, 1.82) is 0 Å². The van der Waals surface area contributed by atoms with Crippen LogP contribution in [0.3, 0.4) is 0 Å². The molecule has 0 bridgehead atoms. The van der Waals surface area contributed by atoms with E-state index in [1.54, 1.807) is 0 Å². The molecule has 1 saturated carbocycles. The summed E-state index contributed by atoms with van der Waals surface area (Å²) in [5, 5.41) is 33.1. The lowest BCUT2D eigenvalue weighted by Crippen LogP contribution is -2.70. The van der Waals surface area contributed by atoms with E-state index in [2.05, 4.69) is 23.8 Å². The third kappa shape index (κ3) is 6.87. The van der Waals surface area contributed by atoms with Crippen LogP contribution in [-0.4, -0.2) is 137 Å². The van der Waals surface area contributed by atoms with Gasteiger partial charge in [-0.15, -0.1) is 0 Å². The van der Waals surface area contributed by atoms with Gasteiger partial charge in [0.1, 0.15) is 30.2 Å². The first-order chi connectivity index (χ1) is 25.9. The van der Waals surface area contributed by atoms with Gasteiger partial charge in [-0.3, -0.25) is 37.3 Å². The fraction of sp³-hybridized carbons (Fsp3) is 0.500. The second-order valence-electron chi connectivity index (χ2n) is 12.7. The van der Waals surface area contributed by atoms with Crippen LogP contribution in [0.1, 0.15) is 26.0 Å². The van der Waals surface area contributed by atoms with Gasteiger partial charge in [0.25, 0.3) is 0 Å². The Hall–Kier alpha value is -3.72. The Labute approximate surface area is 311 Å². The number of fused-ring (bicyclic) bond motifs is 2. The Balaban J connectivity index is 1.25. The number of ether oxygens (including phenoxy) is 2. The number of hydrogen-bond donors (Lipinski definition) is 9. The number of aromatic nitrogens is 4. The smallest absolute Gasteiger partial charge is 0.387 e. The number of ketones is 3. The van der Waals surface area contributed by atoms with Gasteiger partial charge < -0.3 is 60.7 Å². The number of allylic oxidation sites excluding steroid dienone is 1. The maximum atomic E-state index is 13.6. The molecular weight excluding hydrogens is 823 g/mol. The average Bonchev–Trinajstić information content (AvgIpc) is 3.77. The molecule has 6 rings (SSSR count). The summed E-state index contributed by atoms with van der Waals surface area (Å²) in [6.07, 6.45) is -4.34. The molecule has 27 nitrogen and oxygen atoms in total. The van der Waals surface area contributed by atoms with Crippen molar-refractivity contribution in [3.05, 3.63) is 36.7 Å². The Morgan fingerprint density at radius 2 is 1.71 bits per heavy atom. The summed E-state index contributed by atoms with van der Waals surface area (Å²) in [6, 6.07) is 0. The number of phosphoric ester groups is 3. The highest BCUT2D eigenvalue weighted by atomic mass is 31.3. The Bertz CT molecular complexity index is 2210. The molecule has 30 heteroatoms. The second kappa shape index (κ2) is 14.3. The van der Waals surface area contributed by atoms with Crippen molar-refractivity contribution in [2.24, 2.45) is 5.73 Å². The molecular formula is C26H32N7O20P3. The van der Waals surface area contributed by atoms with Gasteiger partial charge in [-0.05, 0) is 13.3 Å². The minimum Gasteiger partial charge on any atom is -0.387 e. The number of nitrogens with two attached hydrogens (primary N) is 2. The van der Waals surface area contributed by atoms with Crippen LogP contribution in [0.2, 0.25) is 0 Å². The monoisotopic (exact) mass is 855 g/mol. The molecule has 10 atom stereocenters. The van der Waals surface area contributed by atoms with E-state index in [9.17, 15) is 67.8 Å². The van der Waals surface area contributed by atoms with Gasteiger partial charge in [-0.1, -0.05) is 6.08 Å². The van der Waals surface area contributed by atoms with Crippen LogP contribution < -0.4 is 11.5 Å². The first-order valence-corrected chi connectivity index (χ1v) is 20.2. The van der Waals surface area contributed by atoms with Gasteiger partial charge in [0.2, 0.25) is 17.1 Å². The molecule has 2 aromatic rings. The van der Waals surface area contributed by atoms with Crippen molar-refractivity contribution in [1.82, 2.24) is 24.4 Å². The van der Waals surface area contributed by atoms with Crippen molar-refractivity contribution >= 4 is 63.7 Å². The van der Waals surface area contributed by atoms with E-state index < -0.39 is 114 Å². The van der Waals surface area contributed by atoms with E-state index in [0.29, 0.717) is 11.5 Å². The zero-order valence-electron chi connectivity index (χ0n) is 28.3. The standard InChI is InChI=1S/C26H32N7O20P3/c1-11(34)25(52-54(41,42)43)23(33-10-31-16-19(27)29-9-30-21(16)33)51-24(14(35)5-15(36)26(24,25)40)8-49-56(46,47)53-55(44,45)48-7-13-17(37)18(38)22(50-13)32-4-2-3-12(6-32)20(28)39/h2,4,6,9-10,13,17-18,22-23,37-38,40H,3,5,7-8H2,1H3,(H2,28,39)(H,44,45)(H,46,47)(H2,27,29,30)(H2,41,42,43)/t13-,17-,18-,22-,23-,24+,25+,26-/m1/s1. The van der Waals surface area contributed by atoms with E-state index in [0.717, 1.165) is 12.7 Å². The number of amides is 1. The number of nitrogen functional groups attached to an aromatic ring is 1. The van der Waals surface area contributed by atoms with Crippen molar-refractivity contribution < 1.29 is 95.1 Å². The number of carbonyl (C=O) groups is 4. The van der Waals surface area contributed by atoms with Gasteiger partial charge in [0, 0.05) is 18.0 Å². The van der Waals surface area contributed by atoms with E-state index in [-0.39, 0.29) is 29.0 Å². The number of nitrogens with zero attached hydrogens (tertiary/aromatic N) is 5. The summed E-state index contributed by atoms with van der Waals surface area (Å²) in [5.74, 6) is -5.72. The average molecular weight is 855 g/mol. The van der Waals surface area contributed by atoms with E-state index in [1.165, 1.54) is 23.4 Å². The highest BCUT2D eigenvalue weighted by Gasteiger charge is 2.86. The molecule has 11 N–H and O–H groups in total. The molecule has 1 amide bonds. The van der Waals surface area contributed by atoms with Crippen LogP contribution in [-0.2, 0) is 60.2 Å². The maximum absolute atomic E-state index is 13.6. The number of carbonyl (C=O) groups excluding carboxylic acids is 4.